The third-order valence-electron chi connectivity index (χ3n) is 5.16. The van der Waals surface area contributed by atoms with Crippen LogP contribution in [0.5, 0.6) is 0 Å². The first-order valence-corrected chi connectivity index (χ1v) is 11.6. The van der Waals surface area contributed by atoms with Crippen molar-refractivity contribution >= 4 is 44.6 Å². The molecule has 144 valence electrons. The maximum Gasteiger partial charge on any atom is 0.242 e. The van der Waals surface area contributed by atoms with Gasteiger partial charge in [-0.05, 0) is 37.5 Å². The molecule has 1 aliphatic carbocycles. The van der Waals surface area contributed by atoms with E-state index < -0.39 is 9.84 Å². The Morgan fingerprint density at radius 2 is 1.69 bits per heavy atom. The molecule has 2 aliphatic rings. The van der Waals surface area contributed by atoms with Gasteiger partial charge in [0, 0.05) is 27.8 Å². The normalized spacial score (nSPS) is 22.9. The first-order valence-electron chi connectivity index (χ1n) is 9.05. The van der Waals surface area contributed by atoms with Crippen molar-refractivity contribution in [2.75, 3.05) is 23.4 Å². The molecule has 8 heteroatoms. The summed E-state index contributed by atoms with van der Waals surface area (Å²) >= 11 is 12.0. The summed E-state index contributed by atoms with van der Waals surface area (Å²) in [6.45, 7) is 0.101. The first-order chi connectivity index (χ1) is 12.3. The Morgan fingerprint density at radius 1 is 1.04 bits per heavy atom. The monoisotopic (exact) mass is 418 g/mol. The molecule has 1 unspecified atom stereocenters. The van der Waals surface area contributed by atoms with Crippen molar-refractivity contribution in [3.63, 3.8) is 0 Å². The Morgan fingerprint density at radius 3 is 2.27 bits per heavy atom. The molecular formula is C18H24Cl2N2O3S. The number of hydrogen-bond acceptors (Lipinski definition) is 4. The van der Waals surface area contributed by atoms with Gasteiger partial charge in [-0.25, -0.2) is 8.42 Å². The molecule has 26 heavy (non-hydrogen) atoms. The van der Waals surface area contributed by atoms with Gasteiger partial charge >= 0.3 is 0 Å². The number of nitrogens with zero attached hydrogens (tertiary/aromatic N) is 1. The van der Waals surface area contributed by atoms with Gasteiger partial charge in [0.25, 0.3) is 0 Å². The number of benzene rings is 1. The number of hydrogen-bond donors (Lipinski definition) is 1. The van der Waals surface area contributed by atoms with Crippen LogP contribution in [0, 0.1) is 0 Å². The molecule has 0 spiro atoms. The fraction of sp³-hybridized carbons (Fsp3) is 0.611. The minimum Gasteiger partial charge on any atom is -0.376 e. The first kappa shape index (κ1) is 19.8. The predicted octanol–water partition coefficient (Wildman–Crippen LogP) is 3.75. The zero-order valence-corrected chi connectivity index (χ0v) is 16.9. The number of carbonyl (C=O) groups excluding carboxylic acids is 1. The molecule has 1 saturated carbocycles. The van der Waals surface area contributed by atoms with Crippen molar-refractivity contribution in [2.45, 2.75) is 50.6 Å². The quantitative estimate of drug-likeness (QED) is 0.790. The molecule has 5 nitrogen and oxygen atoms in total. The molecule has 1 N–H and O–H groups in total. The molecule has 0 radical (unpaired) electrons. The van der Waals surface area contributed by atoms with Crippen LogP contribution in [0.25, 0.3) is 0 Å². The van der Waals surface area contributed by atoms with E-state index in [0.29, 0.717) is 22.2 Å². The number of amides is 1. The highest BCUT2D eigenvalue weighted by Crippen LogP contribution is 2.29. The lowest BCUT2D eigenvalue weighted by Crippen LogP contribution is -2.50. The largest absolute Gasteiger partial charge is 0.376 e. The minimum absolute atomic E-state index is 0.0601. The summed E-state index contributed by atoms with van der Waals surface area (Å²) in [6.07, 6.45) is 5.79. The van der Waals surface area contributed by atoms with E-state index in [4.69, 9.17) is 23.2 Å². The Hall–Kier alpha value is -0.980. The fourth-order valence-electron chi connectivity index (χ4n) is 3.98. The van der Waals surface area contributed by atoms with Crippen molar-refractivity contribution in [2.24, 2.45) is 0 Å². The lowest BCUT2D eigenvalue weighted by molar-refractivity contribution is -0.134. The number of sulfone groups is 1. The maximum absolute atomic E-state index is 13.0. The second-order valence-corrected chi connectivity index (χ2v) is 10.3. The molecule has 1 atom stereocenters. The van der Waals surface area contributed by atoms with Gasteiger partial charge in [0.15, 0.2) is 9.84 Å². The van der Waals surface area contributed by atoms with E-state index in [2.05, 4.69) is 5.32 Å². The second kappa shape index (κ2) is 8.36. The van der Waals surface area contributed by atoms with Gasteiger partial charge in [0.2, 0.25) is 5.91 Å². The van der Waals surface area contributed by atoms with Crippen LogP contribution >= 0.6 is 23.2 Å². The van der Waals surface area contributed by atoms with Gasteiger partial charge in [0.05, 0.1) is 18.1 Å². The number of anilines is 1. The molecule has 1 aliphatic heterocycles. The second-order valence-electron chi connectivity index (χ2n) is 7.16. The van der Waals surface area contributed by atoms with Crippen molar-refractivity contribution in [3.05, 3.63) is 28.2 Å². The molecule has 1 amide bonds. The molecule has 3 rings (SSSR count). The Bertz CT molecular complexity index is 743. The van der Waals surface area contributed by atoms with Crippen molar-refractivity contribution < 1.29 is 13.2 Å². The summed E-state index contributed by atoms with van der Waals surface area (Å²) in [5.74, 6) is 0.194. The smallest absolute Gasteiger partial charge is 0.242 e. The topological polar surface area (TPSA) is 66.5 Å². The number of nitrogens with one attached hydrogen (secondary N) is 1. The zero-order chi connectivity index (χ0) is 18.7. The highest BCUT2D eigenvalue weighted by molar-refractivity contribution is 7.91. The van der Waals surface area contributed by atoms with Gasteiger partial charge in [-0.1, -0.05) is 42.5 Å². The molecule has 0 aromatic heterocycles. The van der Waals surface area contributed by atoms with E-state index >= 15 is 0 Å². The van der Waals surface area contributed by atoms with Gasteiger partial charge in [-0.15, -0.1) is 0 Å². The van der Waals surface area contributed by atoms with Crippen LogP contribution in [0.15, 0.2) is 18.2 Å². The summed E-state index contributed by atoms with van der Waals surface area (Å²) in [5, 5.41) is 4.08. The van der Waals surface area contributed by atoms with Gasteiger partial charge in [0.1, 0.15) is 0 Å². The molecule has 1 saturated heterocycles. The molecule has 1 aromatic carbocycles. The lowest BCUT2D eigenvalue weighted by Gasteiger charge is -2.38. The Kier molecular flexibility index (Phi) is 6.36. The number of carbonyl (C=O) groups is 1. The molecule has 2 fully saturated rings. The molecule has 0 bridgehead atoms. The standard InChI is InChI=1S/C18H24Cl2N2O3S/c19-13-8-14(20)10-15(9-13)21-11-18(23)22(16-4-2-1-3-5-16)17-6-7-26(24,25)12-17/h8-10,16-17,21H,1-7,11-12H2. The van der Waals surface area contributed by atoms with Crippen molar-refractivity contribution in [1.82, 2.24) is 4.90 Å². The summed E-state index contributed by atoms with van der Waals surface area (Å²) in [7, 11) is -3.04. The van der Waals surface area contributed by atoms with E-state index in [1.54, 1.807) is 18.2 Å². The van der Waals surface area contributed by atoms with E-state index in [1.165, 1.54) is 6.42 Å². The third kappa shape index (κ3) is 5.05. The molecule has 1 heterocycles. The Labute approximate surface area is 165 Å². The third-order valence-corrected chi connectivity index (χ3v) is 7.35. The summed E-state index contributed by atoms with van der Waals surface area (Å²) in [5.41, 5.74) is 0.679. The molecular weight excluding hydrogens is 395 g/mol. The lowest BCUT2D eigenvalue weighted by atomic mass is 9.93. The number of halogens is 2. The van der Waals surface area contributed by atoms with E-state index in [9.17, 15) is 13.2 Å². The maximum atomic E-state index is 13.0. The summed E-state index contributed by atoms with van der Waals surface area (Å²) in [6, 6.07) is 4.99. The minimum atomic E-state index is -3.04. The highest BCUT2D eigenvalue weighted by Gasteiger charge is 2.38. The van der Waals surface area contributed by atoms with Crippen LogP contribution in [0.3, 0.4) is 0 Å². The van der Waals surface area contributed by atoms with Crippen LogP contribution in [0.2, 0.25) is 10.0 Å². The van der Waals surface area contributed by atoms with Crippen molar-refractivity contribution in [1.29, 1.82) is 0 Å². The van der Waals surface area contributed by atoms with Crippen LogP contribution in [0.1, 0.15) is 38.5 Å². The van der Waals surface area contributed by atoms with Crippen LogP contribution in [-0.4, -0.2) is 49.4 Å². The summed E-state index contributed by atoms with van der Waals surface area (Å²) in [4.78, 5) is 14.8. The average Bonchev–Trinajstić information content (AvgIpc) is 2.93. The van der Waals surface area contributed by atoms with Crippen LogP contribution in [0.4, 0.5) is 5.69 Å². The van der Waals surface area contributed by atoms with E-state index in [1.807, 2.05) is 4.90 Å². The van der Waals surface area contributed by atoms with E-state index in [-0.39, 0.29) is 36.0 Å². The van der Waals surface area contributed by atoms with Crippen LogP contribution < -0.4 is 5.32 Å². The Balaban J connectivity index is 1.71. The molecule has 1 aromatic rings. The van der Waals surface area contributed by atoms with Gasteiger partial charge in [-0.3, -0.25) is 4.79 Å². The van der Waals surface area contributed by atoms with Crippen molar-refractivity contribution in [3.8, 4) is 0 Å². The fourth-order valence-corrected chi connectivity index (χ4v) is 6.22. The van der Waals surface area contributed by atoms with E-state index in [0.717, 1.165) is 25.7 Å². The van der Waals surface area contributed by atoms with Gasteiger partial charge in [-0.2, -0.15) is 0 Å². The zero-order valence-electron chi connectivity index (χ0n) is 14.6. The summed E-state index contributed by atoms with van der Waals surface area (Å²) < 4.78 is 23.8. The predicted molar refractivity (Wildman–Crippen MR) is 106 cm³/mol. The van der Waals surface area contributed by atoms with Crippen LogP contribution in [-0.2, 0) is 14.6 Å². The SMILES string of the molecule is O=C(CNc1cc(Cl)cc(Cl)c1)N(C1CCCCC1)C1CCS(=O)(=O)C1. The average molecular weight is 419 g/mol. The van der Waals surface area contributed by atoms with Gasteiger partial charge < -0.3 is 10.2 Å². The highest BCUT2D eigenvalue weighted by atomic mass is 35.5. The number of rotatable bonds is 5.